The molecule has 1 saturated carbocycles. The number of hydrogen-bond donors (Lipinski definition) is 2. The predicted molar refractivity (Wildman–Crippen MR) is 50.2 cm³/mol. The molecule has 0 aromatic carbocycles. The van der Waals surface area contributed by atoms with Crippen molar-refractivity contribution in [2.75, 3.05) is 5.73 Å². The molecule has 0 aliphatic heterocycles. The van der Waals surface area contributed by atoms with Crippen molar-refractivity contribution in [1.29, 1.82) is 0 Å². The topological polar surface area (TPSA) is 85.8 Å². The summed E-state index contributed by atoms with van der Waals surface area (Å²) in [7, 11) is 0. The Morgan fingerprint density at radius 1 is 1.71 bits per heavy atom. The van der Waals surface area contributed by atoms with Gasteiger partial charge in [-0.25, -0.2) is 4.68 Å². The Bertz CT molecular complexity index is 330. The van der Waals surface area contributed by atoms with E-state index in [4.69, 9.17) is 5.73 Å². The predicted octanol–water partition coefficient (Wildman–Crippen LogP) is -0.471. The van der Waals surface area contributed by atoms with Crippen molar-refractivity contribution in [2.45, 2.75) is 31.8 Å². The molecule has 1 aromatic heterocycles. The number of nitrogens with two attached hydrogens (primary N) is 1. The minimum atomic E-state index is 0.0709. The first-order valence-corrected chi connectivity index (χ1v) is 4.69. The number of nitrogens with one attached hydrogen (secondary N) is 1. The third-order valence-corrected chi connectivity index (χ3v) is 2.07. The van der Waals surface area contributed by atoms with Crippen molar-refractivity contribution >= 4 is 11.7 Å². The number of aryl methyl sites for hydroxylation is 1. The van der Waals surface area contributed by atoms with Gasteiger partial charge in [-0.15, -0.1) is 5.10 Å². The molecule has 76 valence electrons. The van der Waals surface area contributed by atoms with Gasteiger partial charge in [-0.05, 0) is 12.8 Å². The average molecular weight is 195 g/mol. The van der Waals surface area contributed by atoms with E-state index >= 15 is 0 Å². The Labute approximate surface area is 81.5 Å². The van der Waals surface area contributed by atoms with Crippen LogP contribution in [0.5, 0.6) is 0 Å². The van der Waals surface area contributed by atoms with Crippen LogP contribution in [-0.4, -0.2) is 26.9 Å². The van der Waals surface area contributed by atoms with Crippen molar-refractivity contribution in [3.05, 3.63) is 6.20 Å². The lowest BCUT2D eigenvalue weighted by atomic mass is 10.4. The smallest absolute Gasteiger partial charge is 0.222 e. The molecule has 6 heteroatoms. The van der Waals surface area contributed by atoms with E-state index < -0.39 is 0 Å². The second-order valence-electron chi connectivity index (χ2n) is 3.50. The van der Waals surface area contributed by atoms with Crippen molar-refractivity contribution < 1.29 is 4.79 Å². The van der Waals surface area contributed by atoms with Crippen LogP contribution in [-0.2, 0) is 11.3 Å². The summed E-state index contributed by atoms with van der Waals surface area (Å²) in [5, 5.41) is 10.3. The molecular weight excluding hydrogens is 182 g/mol. The van der Waals surface area contributed by atoms with E-state index in [0.29, 0.717) is 24.8 Å². The average Bonchev–Trinajstić information content (AvgIpc) is 2.85. The maximum absolute atomic E-state index is 11.3. The molecule has 3 N–H and O–H groups in total. The monoisotopic (exact) mass is 195 g/mol. The zero-order chi connectivity index (χ0) is 9.97. The van der Waals surface area contributed by atoms with E-state index in [1.54, 1.807) is 10.9 Å². The molecular formula is C8H13N5O. The molecule has 14 heavy (non-hydrogen) atoms. The van der Waals surface area contributed by atoms with Crippen molar-refractivity contribution in [3.63, 3.8) is 0 Å². The van der Waals surface area contributed by atoms with Gasteiger partial charge < -0.3 is 11.1 Å². The van der Waals surface area contributed by atoms with Crippen LogP contribution in [0, 0.1) is 0 Å². The van der Waals surface area contributed by atoms with Crippen LogP contribution in [0.25, 0.3) is 0 Å². The highest BCUT2D eigenvalue weighted by molar-refractivity contribution is 5.76. The SMILES string of the molecule is Nc1cn(CCC(=O)NC2CC2)nn1. The number of carbonyl (C=O) groups is 1. The summed E-state index contributed by atoms with van der Waals surface area (Å²) in [5.74, 6) is 0.453. The maximum atomic E-state index is 11.3. The maximum Gasteiger partial charge on any atom is 0.222 e. The van der Waals surface area contributed by atoms with Gasteiger partial charge in [0.05, 0.1) is 12.7 Å². The zero-order valence-corrected chi connectivity index (χ0v) is 7.81. The molecule has 1 aliphatic rings. The summed E-state index contributed by atoms with van der Waals surface area (Å²) in [6, 6.07) is 0.420. The molecule has 1 amide bonds. The molecule has 1 aliphatic carbocycles. The Morgan fingerprint density at radius 3 is 3.07 bits per heavy atom. The summed E-state index contributed by atoms with van der Waals surface area (Å²) < 4.78 is 1.57. The molecule has 2 rings (SSSR count). The molecule has 1 heterocycles. The number of nitrogen functional groups attached to an aromatic ring is 1. The first kappa shape index (κ1) is 8.98. The number of aromatic nitrogens is 3. The van der Waals surface area contributed by atoms with Crippen LogP contribution in [0.3, 0.4) is 0 Å². The van der Waals surface area contributed by atoms with Crippen LogP contribution >= 0.6 is 0 Å². The first-order valence-electron chi connectivity index (χ1n) is 4.69. The van der Waals surface area contributed by atoms with Gasteiger partial charge in [0.25, 0.3) is 0 Å². The van der Waals surface area contributed by atoms with E-state index in [-0.39, 0.29) is 5.91 Å². The molecule has 0 radical (unpaired) electrons. The molecule has 0 bridgehead atoms. The third kappa shape index (κ3) is 2.45. The van der Waals surface area contributed by atoms with Crippen LogP contribution in [0.15, 0.2) is 6.20 Å². The van der Waals surface area contributed by atoms with Gasteiger partial charge in [0.15, 0.2) is 5.82 Å². The summed E-state index contributed by atoms with van der Waals surface area (Å²) in [6.45, 7) is 0.531. The van der Waals surface area contributed by atoms with Crippen LogP contribution < -0.4 is 11.1 Å². The third-order valence-electron chi connectivity index (χ3n) is 2.07. The van der Waals surface area contributed by atoms with Gasteiger partial charge in [-0.2, -0.15) is 0 Å². The number of hydrogen-bond acceptors (Lipinski definition) is 4. The quantitative estimate of drug-likeness (QED) is 0.680. The molecule has 6 nitrogen and oxygen atoms in total. The van der Waals surface area contributed by atoms with Gasteiger partial charge in [0.2, 0.25) is 5.91 Å². The number of anilines is 1. The van der Waals surface area contributed by atoms with Gasteiger partial charge >= 0.3 is 0 Å². The number of nitrogens with zero attached hydrogens (tertiary/aromatic N) is 3. The van der Waals surface area contributed by atoms with E-state index in [1.807, 2.05) is 0 Å². The standard InChI is InChI=1S/C8H13N5O/c9-7-5-13(12-11-7)4-3-8(14)10-6-1-2-6/h5-6H,1-4,9H2,(H,10,14). The Balaban J connectivity index is 1.73. The molecule has 0 atom stereocenters. The first-order chi connectivity index (χ1) is 6.74. The number of rotatable bonds is 4. The minimum Gasteiger partial charge on any atom is -0.381 e. The van der Waals surface area contributed by atoms with E-state index in [1.165, 1.54) is 0 Å². The fraction of sp³-hybridized carbons (Fsp3) is 0.625. The summed E-state index contributed by atoms with van der Waals surface area (Å²) >= 11 is 0. The highest BCUT2D eigenvalue weighted by atomic mass is 16.1. The molecule has 0 saturated heterocycles. The summed E-state index contributed by atoms with van der Waals surface area (Å²) in [6.07, 6.45) is 4.27. The lowest BCUT2D eigenvalue weighted by Crippen LogP contribution is -2.26. The van der Waals surface area contributed by atoms with Crippen molar-refractivity contribution in [2.24, 2.45) is 0 Å². The molecule has 1 fully saturated rings. The van der Waals surface area contributed by atoms with Crippen molar-refractivity contribution in [3.8, 4) is 0 Å². The van der Waals surface area contributed by atoms with Crippen molar-refractivity contribution in [1.82, 2.24) is 20.3 Å². The second-order valence-corrected chi connectivity index (χ2v) is 3.50. The fourth-order valence-corrected chi connectivity index (χ4v) is 1.17. The zero-order valence-electron chi connectivity index (χ0n) is 7.81. The Hall–Kier alpha value is -1.59. The van der Waals surface area contributed by atoms with Gasteiger partial charge in [0, 0.05) is 12.5 Å². The number of carbonyl (C=O) groups excluding carboxylic acids is 1. The Morgan fingerprint density at radius 2 is 2.50 bits per heavy atom. The van der Waals surface area contributed by atoms with Crippen LogP contribution in [0.1, 0.15) is 19.3 Å². The van der Waals surface area contributed by atoms with Gasteiger partial charge in [-0.1, -0.05) is 5.21 Å². The summed E-state index contributed by atoms with van der Waals surface area (Å²) in [4.78, 5) is 11.3. The molecule has 0 spiro atoms. The van der Waals surface area contributed by atoms with Crippen LogP contribution in [0.4, 0.5) is 5.82 Å². The highest BCUT2D eigenvalue weighted by Gasteiger charge is 2.22. The highest BCUT2D eigenvalue weighted by Crippen LogP contribution is 2.18. The van der Waals surface area contributed by atoms with Gasteiger partial charge in [-0.3, -0.25) is 4.79 Å². The summed E-state index contributed by atoms with van der Waals surface area (Å²) in [5.41, 5.74) is 5.38. The lowest BCUT2D eigenvalue weighted by molar-refractivity contribution is -0.121. The Kier molecular flexibility index (Phi) is 2.34. The largest absolute Gasteiger partial charge is 0.381 e. The number of amides is 1. The van der Waals surface area contributed by atoms with E-state index in [2.05, 4.69) is 15.6 Å². The lowest BCUT2D eigenvalue weighted by Gasteiger charge is -2.02. The second kappa shape index (κ2) is 3.65. The van der Waals surface area contributed by atoms with E-state index in [0.717, 1.165) is 12.8 Å². The normalized spacial score (nSPS) is 15.4. The van der Waals surface area contributed by atoms with Crippen LogP contribution in [0.2, 0.25) is 0 Å². The van der Waals surface area contributed by atoms with Gasteiger partial charge in [0.1, 0.15) is 0 Å². The molecule has 0 unspecified atom stereocenters. The fourth-order valence-electron chi connectivity index (χ4n) is 1.17. The van der Waals surface area contributed by atoms with E-state index in [9.17, 15) is 4.79 Å². The molecule has 1 aromatic rings. The minimum absolute atomic E-state index is 0.0709.